The smallest absolute Gasteiger partial charge is 0.337 e. The van der Waals surface area contributed by atoms with Crippen molar-refractivity contribution in [2.75, 3.05) is 17.8 Å². The van der Waals surface area contributed by atoms with Crippen LogP contribution in [0, 0.1) is 10.7 Å². The van der Waals surface area contributed by atoms with Gasteiger partial charge < -0.3 is 15.1 Å². The first-order valence-electron chi connectivity index (χ1n) is 5.14. The van der Waals surface area contributed by atoms with Crippen LogP contribution < -0.4 is 4.90 Å². The first-order chi connectivity index (χ1) is 9.64. The van der Waals surface area contributed by atoms with Crippen LogP contribution in [-0.4, -0.2) is 41.0 Å². The van der Waals surface area contributed by atoms with Gasteiger partial charge in [0.15, 0.2) is 0 Å². The van der Waals surface area contributed by atoms with Crippen LogP contribution >= 0.6 is 79.4 Å². The molecule has 114 valence electrons. The predicted molar refractivity (Wildman–Crippen MR) is 103 cm³/mol. The van der Waals surface area contributed by atoms with E-state index >= 15 is 0 Å². The van der Waals surface area contributed by atoms with E-state index in [9.17, 15) is 24.6 Å². The van der Waals surface area contributed by atoms with Gasteiger partial charge in [-0.15, -0.1) is 11.6 Å². The molecule has 0 aromatic heterocycles. The Bertz CT molecular complexity index is 608. The summed E-state index contributed by atoms with van der Waals surface area (Å²) in [6.07, 6.45) is 0. The number of carbonyl (C=O) groups is 3. The molecule has 1 aromatic rings. The van der Waals surface area contributed by atoms with Gasteiger partial charge in [0.25, 0.3) is 0 Å². The Morgan fingerprint density at radius 2 is 1.38 bits per heavy atom. The first kappa shape index (κ1) is 19.2. The highest BCUT2D eigenvalue weighted by Gasteiger charge is 2.30. The van der Waals surface area contributed by atoms with Gasteiger partial charge in [0.1, 0.15) is 5.88 Å². The highest BCUT2D eigenvalue weighted by atomic mass is 127. The number of amides is 1. The molecule has 0 aliphatic carbocycles. The molecular formula is C11H7ClI3NO5. The van der Waals surface area contributed by atoms with E-state index in [1.165, 1.54) is 11.9 Å². The summed E-state index contributed by atoms with van der Waals surface area (Å²) in [5, 5.41) is 18.6. The van der Waals surface area contributed by atoms with E-state index in [1.807, 2.05) is 0 Å². The number of carbonyl (C=O) groups excluding carboxylic acids is 1. The number of halogens is 4. The van der Waals surface area contributed by atoms with Gasteiger partial charge in [-0.3, -0.25) is 4.79 Å². The SMILES string of the molecule is CN(C(=O)CCl)c1c(I)c(C(=O)O)c(I)c(C(=O)O)c1I. The fourth-order valence-corrected chi connectivity index (χ4v) is 6.53. The molecule has 0 aliphatic heterocycles. The predicted octanol–water partition coefficient (Wildman–Crippen LogP) is 3.10. The van der Waals surface area contributed by atoms with Crippen molar-refractivity contribution in [1.29, 1.82) is 0 Å². The number of hydrogen-bond acceptors (Lipinski definition) is 3. The van der Waals surface area contributed by atoms with Crippen molar-refractivity contribution >= 4 is 103 Å². The average molecular weight is 649 g/mol. The molecule has 6 nitrogen and oxygen atoms in total. The zero-order valence-electron chi connectivity index (χ0n) is 10.3. The summed E-state index contributed by atoms with van der Waals surface area (Å²) in [4.78, 5) is 35.7. The van der Waals surface area contributed by atoms with Gasteiger partial charge in [-0.2, -0.15) is 0 Å². The third kappa shape index (κ3) is 3.72. The van der Waals surface area contributed by atoms with Crippen molar-refractivity contribution in [2.24, 2.45) is 0 Å². The van der Waals surface area contributed by atoms with Gasteiger partial charge in [0.05, 0.1) is 24.0 Å². The average Bonchev–Trinajstić information content (AvgIpc) is 2.36. The van der Waals surface area contributed by atoms with Crippen molar-refractivity contribution in [3.8, 4) is 0 Å². The summed E-state index contributed by atoms with van der Waals surface area (Å²) >= 11 is 10.8. The van der Waals surface area contributed by atoms with Gasteiger partial charge in [0, 0.05) is 10.6 Å². The van der Waals surface area contributed by atoms with Crippen molar-refractivity contribution in [3.05, 3.63) is 21.8 Å². The lowest BCUT2D eigenvalue weighted by Gasteiger charge is -2.23. The minimum Gasteiger partial charge on any atom is -0.478 e. The standard InChI is InChI=1S/C11H7ClI3NO5/c1-16(3(17)2-12)9-7(14)4(10(18)19)6(13)5(8(9)15)11(20)21/h2H2,1H3,(H,18,19)(H,20,21). The van der Waals surface area contributed by atoms with E-state index < -0.39 is 17.8 Å². The van der Waals surface area contributed by atoms with Crippen LogP contribution in [0.2, 0.25) is 0 Å². The third-order valence-corrected chi connectivity index (χ3v) is 5.95. The van der Waals surface area contributed by atoms with Crippen LogP contribution in [0.1, 0.15) is 20.7 Å². The summed E-state index contributed by atoms with van der Waals surface area (Å²) in [6.45, 7) is 0. The maximum absolute atomic E-state index is 11.8. The zero-order chi connectivity index (χ0) is 16.5. The van der Waals surface area contributed by atoms with Crippen molar-refractivity contribution in [1.82, 2.24) is 0 Å². The molecule has 21 heavy (non-hydrogen) atoms. The zero-order valence-corrected chi connectivity index (χ0v) is 17.5. The first-order valence-corrected chi connectivity index (χ1v) is 8.91. The molecule has 0 radical (unpaired) electrons. The molecule has 0 bridgehead atoms. The van der Waals surface area contributed by atoms with Crippen LogP contribution in [0.3, 0.4) is 0 Å². The number of rotatable bonds is 4. The molecular weight excluding hydrogens is 642 g/mol. The van der Waals surface area contributed by atoms with E-state index in [2.05, 4.69) is 0 Å². The van der Waals surface area contributed by atoms with E-state index in [1.54, 1.807) is 67.8 Å². The molecule has 0 heterocycles. The van der Waals surface area contributed by atoms with E-state index in [4.69, 9.17) is 11.6 Å². The lowest BCUT2D eigenvalue weighted by Crippen LogP contribution is -2.30. The minimum absolute atomic E-state index is 0.122. The van der Waals surface area contributed by atoms with Gasteiger partial charge in [-0.25, -0.2) is 9.59 Å². The van der Waals surface area contributed by atoms with Crippen LogP contribution in [0.4, 0.5) is 5.69 Å². The van der Waals surface area contributed by atoms with Gasteiger partial charge in [-0.1, -0.05) is 0 Å². The second-order valence-electron chi connectivity index (χ2n) is 3.74. The fraction of sp³-hybridized carbons (Fsp3) is 0.182. The quantitative estimate of drug-likeness (QED) is 0.387. The van der Waals surface area contributed by atoms with Crippen LogP contribution in [-0.2, 0) is 4.79 Å². The largest absolute Gasteiger partial charge is 0.478 e. The van der Waals surface area contributed by atoms with Crippen molar-refractivity contribution in [2.45, 2.75) is 0 Å². The second kappa shape index (κ2) is 7.59. The van der Waals surface area contributed by atoms with Crippen LogP contribution in [0.15, 0.2) is 0 Å². The lowest BCUT2D eigenvalue weighted by atomic mass is 10.1. The maximum atomic E-state index is 11.8. The summed E-state index contributed by atoms with van der Waals surface area (Å²) in [5.41, 5.74) is -0.0476. The number of hydrogen-bond donors (Lipinski definition) is 2. The van der Waals surface area contributed by atoms with Crippen LogP contribution in [0.5, 0.6) is 0 Å². The molecule has 0 saturated carbocycles. The number of carboxylic acid groups (broad SMARTS) is 2. The normalized spacial score (nSPS) is 10.3. The summed E-state index contributed by atoms with van der Waals surface area (Å²) in [7, 11) is 1.43. The number of nitrogens with zero attached hydrogens (tertiary/aromatic N) is 1. The highest BCUT2D eigenvalue weighted by Crippen LogP contribution is 2.37. The van der Waals surface area contributed by atoms with Gasteiger partial charge >= 0.3 is 11.9 Å². The highest BCUT2D eigenvalue weighted by molar-refractivity contribution is 14.1. The molecule has 0 atom stereocenters. The van der Waals surface area contributed by atoms with E-state index in [-0.39, 0.29) is 26.3 Å². The summed E-state index contributed by atoms with van der Waals surface area (Å²) < 4.78 is 0.705. The Hall–Kier alpha value is 0.110. The molecule has 0 spiro atoms. The molecule has 0 aliphatic rings. The Morgan fingerprint density at radius 3 is 1.67 bits per heavy atom. The number of carboxylic acids is 2. The molecule has 10 heteroatoms. The summed E-state index contributed by atoms with van der Waals surface area (Å²) in [5.74, 6) is -3.26. The molecule has 1 rings (SSSR count). The Balaban J connectivity index is 3.84. The Morgan fingerprint density at radius 1 is 1.00 bits per heavy atom. The topological polar surface area (TPSA) is 94.9 Å². The molecule has 1 amide bonds. The lowest BCUT2D eigenvalue weighted by molar-refractivity contribution is -0.116. The van der Waals surface area contributed by atoms with Crippen molar-refractivity contribution < 1.29 is 24.6 Å². The minimum atomic E-state index is -1.25. The van der Waals surface area contributed by atoms with Crippen LogP contribution in [0.25, 0.3) is 0 Å². The second-order valence-corrected chi connectivity index (χ2v) is 7.24. The Kier molecular flexibility index (Phi) is 6.92. The number of alkyl halides is 1. The molecule has 1 aromatic carbocycles. The summed E-state index contributed by atoms with van der Waals surface area (Å²) in [6, 6.07) is 0. The number of anilines is 1. The number of aromatic carboxylic acids is 2. The Labute approximate surface area is 165 Å². The molecule has 0 fully saturated rings. The third-order valence-electron chi connectivity index (χ3n) is 2.55. The maximum Gasteiger partial charge on any atom is 0.337 e. The van der Waals surface area contributed by atoms with E-state index in [0.717, 1.165) is 0 Å². The fourth-order valence-electron chi connectivity index (χ4n) is 1.54. The molecule has 0 saturated heterocycles. The number of benzene rings is 1. The molecule has 0 unspecified atom stereocenters. The van der Waals surface area contributed by atoms with E-state index in [0.29, 0.717) is 7.14 Å². The molecule has 2 N–H and O–H groups in total. The van der Waals surface area contributed by atoms with Crippen molar-refractivity contribution in [3.63, 3.8) is 0 Å². The van der Waals surface area contributed by atoms with Gasteiger partial charge in [0.2, 0.25) is 5.91 Å². The van der Waals surface area contributed by atoms with Gasteiger partial charge in [-0.05, 0) is 67.8 Å². The monoisotopic (exact) mass is 649 g/mol.